The summed E-state index contributed by atoms with van der Waals surface area (Å²) in [7, 11) is 1.66. The summed E-state index contributed by atoms with van der Waals surface area (Å²) in [5.74, 6) is 1.50. The summed E-state index contributed by atoms with van der Waals surface area (Å²) in [4.78, 5) is 9.15. The maximum atomic E-state index is 5.91. The molecule has 6 heteroatoms. The van der Waals surface area contributed by atoms with Crippen molar-refractivity contribution in [2.45, 2.75) is 13.5 Å². The molecule has 0 bridgehead atoms. The monoisotopic (exact) mass is 403 g/mol. The van der Waals surface area contributed by atoms with Crippen molar-refractivity contribution in [1.29, 1.82) is 0 Å². The molecule has 0 radical (unpaired) electrons. The van der Waals surface area contributed by atoms with E-state index in [1.54, 1.807) is 7.11 Å². The molecule has 0 saturated carbocycles. The van der Waals surface area contributed by atoms with Crippen molar-refractivity contribution in [3.63, 3.8) is 0 Å². The smallest absolute Gasteiger partial charge is 0.161 e. The van der Waals surface area contributed by atoms with E-state index < -0.39 is 0 Å². The first-order valence-electron chi connectivity index (χ1n) is 6.20. The highest BCUT2D eigenvalue weighted by atomic mass is 127. The van der Waals surface area contributed by atoms with Crippen molar-refractivity contribution >= 4 is 40.0 Å². The molecule has 0 amide bonds. The van der Waals surface area contributed by atoms with Gasteiger partial charge < -0.3 is 10.1 Å². The van der Waals surface area contributed by atoms with Crippen LogP contribution in [-0.2, 0) is 11.3 Å². The normalized spacial score (nSPS) is 10.6. The Morgan fingerprint density at radius 3 is 2.55 bits per heavy atom. The Kier molecular flexibility index (Phi) is 5.56. The summed E-state index contributed by atoms with van der Waals surface area (Å²) in [6, 6.07) is 7.50. The molecule has 2 aromatic rings. The van der Waals surface area contributed by atoms with Crippen LogP contribution in [0.15, 0.2) is 24.3 Å². The zero-order valence-corrected chi connectivity index (χ0v) is 14.2. The number of nitrogens with one attached hydrogen (secondary N) is 1. The molecule has 2 rings (SSSR count). The van der Waals surface area contributed by atoms with E-state index in [9.17, 15) is 0 Å². The van der Waals surface area contributed by atoms with Gasteiger partial charge in [-0.25, -0.2) is 9.97 Å². The third-order valence-corrected chi connectivity index (χ3v) is 4.03. The molecule has 4 nitrogen and oxygen atoms in total. The van der Waals surface area contributed by atoms with Gasteiger partial charge in [0.2, 0.25) is 0 Å². The minimum atomic E-state index is 0.458. The lowest BCUT2D eigenvalue weighted by atomic mass is 10.2. The summed E-state index contributed by atoms with van der Waals surface area (Å²) in [6.07, 6.45) is 0. The molecule has 0 spiro atoms. The van der Waals surface area contributed by atoms with Crippen LogP contribution < -0.4 is 5.32 Å². The van der Waals surface area contributed by atoms with Crippen molar-refractivity contribution < 1.29 is 4.74 Å². The van der Waals surface area contributed by atoms with Crippen LogP contribution in [0.5, 0.6) is 0 Å². The van der Waals surface area contributed by atoms with Gasteiger partial charge in [-0.15, -0.1) is 0 Å². The van der Waals surface area contributed by atoms with Gasteiger partial charge in [0.1, 0.15) is 5.82 Å². The van der Waals surface area contributed by atoms with E-state index in [2.05, 4.69) is 37.9 Å². The molecular formula is C14H15ClIN3O. The molecule has 0 fully saturated rings. The number of halogens is 2. The molecule has 1 heterocycles. The summed E-state index contributed by atoms with van der Waals surface area (Å²) in [6.45, 7) is 3.30. The first-order chi connectivity index (χ1) is 9.65. The average Bonchev–Trinajstić information content (AvgIpc) is 2.44. The Morgan fingerprint density at radius 1 is 1.25 bits per heavy atom. The van der Waals surface area contributed by atoms with Crippen molar-refractivity contribution in [3.8, 4) is 11.4 Å². The summed E-state index contributed by atoms with van der Waals surface area (Å²) in [5, 5.41) is 3.95. The molecular weight excluding hydrogens is 389 g/mol. The van der Waals surface area contributed by atoms with Crippen LogP contribution in [-0.4, -0.2) is 23.6 Å². The molecule has 1 N–H and O–H groups in total. The molecule has 1 aromatic heterocycles. The number of anilines is 1. The van der Waals surface area contributed by atoms with Gasteiger partial charge in [-0.05, 0) is 53.8 Å². The fourth-order valence-corrected chi connectivity index (χ4v) is 2.45. The van der Waals surface area contributed by atoms with Gasteiger partial charge in [-0.2, -0.15) is 0 Å². The minimum Gasteiger partial charge on any atom is -0.378 e. The standard InChI is InChI=1S/C14H15ClIN3O/c1-3-17-14-12(16)11(8-20-2)18-13(19-14)9-4-6-10(15)7-5-9/h4-7H,3,8H2,1-2H3,(H,17,18,19). The van der Waals surface area contributed by atoms with Crippen molar-refractivity contribution in [3.05, 3.63) is 38.6 Å². The summed E-state index contributed by atoms with van der Waals surface area (Å²) < 4.78 is 6.20. The summed E-state index contributed by atoms with van der Waals surface area (Å²) >= 11 is 8.15. The number of rotatable bonds is 5. The molecule has 0 saturated heterocycles. The molecule has 1 aromatic carbocycles. The number of methoxy groups -OCH3 is 1. The predicted octanol–water partition coefficient (Wildman–Crippen LogP) is 3.98. The Bertz CT molecular complexity index is 562. The Labute approximate surface area is 137 Å². The fraction of sp³-hybridized carbons (Fsp3) is 0.286. The van der Waals surface area contributed by atoms with E-state index >= 15 is 0 Å². The van der Waals surface area contributed by atoms with E-state index in [0.29, 0.717) is 17.5 Å². The second-order valence-corrected chi connectivity index (χ2v) is 5.64. The Morgan fingerprint density at radius 2 is 1.95 bits per heavy atom. The van der Waals surface area contributed by atoms with Gasteiger partial charge in [0, 0.05) is 24.2 Å². The zero-order valence-electron chi connectivity index (χ0n) is 11.3. The van der Waals surface area contributed by atoms with Gasteiger partial charge in [0.05, 0.1) is 15.9 Å². The lowest BCUT2D eigenvalue weighted by Gasteiger charge is -2.12. The highest BCUT2D eigenvalue weighted by Crippen LogP contribution is 2.25. The lowest BCUT2D eigenvalue weighted by Crippen LogP contribution is -2.08. The van der Waals surface area contributed by atoms with Crippen LogP contribution in [0.25, 0.3) is 11.4 Å². The quantitative estimate of drug-likeness (QED) is 0.767. The largest absolute Gasteiger partial charge is 0.378 e. The Hall–Kier alpha value is -0.920. The van der Waals surface area contributed by atoms with Gasteiger partial charge in [-0.1, -0.05) is 11.6 Å². The molecule has 0 aliphatic heterocycles. The first-order valence-corrected chi connectivity index (χ1v) is 7.66. The van der Waals surface area contributed by atoms with Gasteiger partial charge in [-0.3, -0.25) is 0 Å². The van der Waals surface area contributed by atoms with Crippen LogP contribution in [0.3, 0.4) is 0 Å². The van der Waals surface area contributed by atoms with Crippen molar-refractivity contribution in [2.75, 3.05) is 19.0 Å². The third kappa shape index (κ3) is 3.59. The van der Waals surface area contributed by atoms with Crippen LogP contribution >= 0.6 is 34.2 Å². The highest BCUT2D eigenvalue weighted by Gasteiger charge is 2.13. The number of nitrogens with zero attached hydrogens (tertiary/aromatic N) is 2. The summed E-state index contributed by atoms with van der Waals surface area (Å²) in [5.41, 5.74) is 1.81. The minimum absolute atomic E-state index is 0.458. The number of ether oxygens (including phenoxy) is 1. The van der Waals surface area contributed by atoms with E-state index in [1.165, 1.54) is 0 Å². The highest BCUT2D eigenvalue weighted by molar-refractivity contribution is 14.1. The SMILES string of the molecule is CCNc1nc(-c2ccc(Cl)cc2)nc(COC)c1I. The van der Waals surface area contributed by atoms with Gasteiger partial charge in [0.25, 0.3) is 0 Å². The number of hydrogen-bond donors (Lipinski definition) is 1. The molecule has 0 aliphatic carbocycles. The maximum absolute atomic E-state index is 5.91. The van der Waals surface area contributed by atoms with Crippen LogP contribution in [0.2, 0.25) is 5.02 Å². The average molecular weight is 404 g/mol. The molecule has 20 heavy (non-hydrogen) atoms. The third-order valence-electron chi connectivity index (χ3n) is 2.65. The molecule has 106 valence electrons. The maximum Gasteiger partial charge on any atom is 0.161 e. The van der Waals surface area contributed by atoms with Gasteiger partial charge in [0.15, 0.2) is 5.82 Å². The van der Waals surface area contributed by atoms with E-state index in [1.807, 2.05) is 31.2 Å². The molecule has 0 aliphatic rings. The number of aromatic nitrogens is 2. The molecule has 0 unspecified atom stereocenters. The van der Waals surface area contributed by atoms with E-state index in [4.69, 9.17) is 16.3 Å². The van der Waals surface area contributed by atoms with Gasteiger partial charge >= 0.3 is 0 Å². The van der Waals surface area contributed by atoms with Crippen LogP contribution in [0.1, 0.15) is 12.6 Å². The first kappa shape index (κ1) is 15.5. The van der Waals surface area contributed by atoms with E-state index in [-0.39, 0.29) is 0 Å². The molecule has 0 atom stereocenters. The lowest BCUT2D eigenvalue weighted by molar-refractivity contribution is 0.181. The Balaban J connectivity index is 2.49. The fourth-order valence-electron chi connectivity index (χ4n) is 1.74. The second kappa shape index (κ2) is 7.19. The van der Waals surface area contributed by atoms with Crippen LogP contribution in [0, 0.1) is 3.57 Å². The number of hydrogen-bond acceptors (Lipinski definition) is 4. The van der Waals surface area contributed by atoms with Crippen LogP contribution in [0.4, 0.5) is 5.82 Å². The van der Waals surface area contributed by atoms with Crippen molar-refractivity contribution in [1.82, 2.24) is 9.97 Å². The zero-order chi connectivity index (χ0) is 14.5. The predicted molar refractivity (Wildman–Crippen MR) is 90.1 cm³/mol. The topological polar surface area (TPSA) is 47.0 Å². The van der Waals surface area contributed by atoms with Crippen molar-refractivity contribution in [2.24, 2.45) is 0 Å². The van der Waals surface area contributed by atoms with E-state index in [0.717, 1.165) is 27.2 Å². The second-order valence-electron chi connectivity index (χ2n) is 4.13. The number of benzene rings is 1.